The van der Waals surface area contributed by atoms with E-state index >= 15 is 0 Å². The van der Waals surface area contributed by atoms with Gasteiger partial charge in [0.1, 0.15) is 0 Å². The number of carboxylic acid groups (broad SMARTS) is 1. The third kappa shape index (κ3) is 5.07. The van der Waals surface area contributed by atoms with Crippen molar-refractivity contribution < 1.29 is 14.7 Å². The molecule has 1 aromatic rings. The molecular weight excluding hydrogens is 244 g/mol. The summed E-state index contributed by atoms with van der Waals surface area (Å²) in [6.07, 6.45) is 3.75. The van der Waals surface area contributed by atoms with Gasteiger partial charge in [-0.05, 0) is 38.8 Å². The van der Waals surface area contributed by atoms with Gasteiger partial charge in [0, 0.05) is 24.4 Å². The van der Waals surface area contributed by atoms with E-state index < -0.39 is 11.5 Å². The van der Waals surface area contributed by atoms with Gasteiger partial charge in [-0.25, -0.2) is 0 Å². The van der Waals surface area contributed by atoms with Crippen molar-refractivity contribution in [1.82, 2.24) is 10.3 Å². The summed E-state index contributed by atoms with van der Waals surface area (Å²) in [5.41, 5.74) is 0.306. The highest BCUT2D eigenvalue weighted by molar-refractivity contribution is 5.83. The lowest BCUT2D eigenvalue weighted by Gasteiger charge is -2.27. The first-order valence-electron chi connectivity index (χ1n) is 6.25. The molecule has 0 aliphatic carbocycles. The largest absolute Gasteiger partial charge is 0.481 e. The number of amides is 1. The van der Waals surface area contributed by atoms with E-state index in [1.54, 1.807) is 25.4 Å². The summed E-state index contributed by atoms with van der Waals surface area (Å²) < 4.78 is 0. The number of nitrogens with zero attached hydrogens (tertiary/aromatic N) is 1. The van der Waals surface area contributed by atoms with Gasteiger partial charge in [0.15, 0.2) is 0 Å². The van der Waals surface area contributed by atoms with Crippen molar-refractivity contribution in [3.8, 4) is 0 Å². The molecule has 1 heterocycles. The summed E-state index contributed by atoms with van der Waals surface area (Å²) in [5.74, 6) is -1.29. The minimum atomic E-state index is -0.859. The molecule has 1 atom stereocenters. The Balaban J connectivity index is 2.61. The Labute approximate surface area is 113 Å². The molecule has 0 aliphatic rings. The van der Waals surface area contributed by atoms with Gasteiger partial charge in [0.05, 0.1) is 5.92 Å². The number of nitrogens with one attached hydrogen (secondary N) is 1. The molecule has 104 valence electrons. The normalized spacial score (nSPS) is 12.8. The van der Waals surface area contributed by atoms with Crippen LogP contribution in [-0.4, -0.2) is 27.5 Å². The number of hydrogen-bond acceptors (Lipinski definition) is 3. The molecule has 0 aliphatic heterocycles. The fourth-order valence-electron chi connectivity index (χ4n) is 1.71. The summed E-state index contributed by atoms with van der Waals surface area (Å²) in [4.78, 5) is 26.7. The molecule has 0 saturated carbocycles. The van der Waals surface area contributed by atoms with Crippen LogP contribution < -0.4 is 5.32 Å². The lowest BCUT2D eigenvalue weighted by molar-refractivity contribution is -0.137. The second kappa shape index (κ2) is 6.31. The molecule has 0 radical (unpaired) electrons. The predicted molar refractivity (Wildman–Crippen MR) is 71.7 cm³/mol. The van der Waals surface area contributed by atoms with Crippen LogP contribution >= 0.6 is 0 Å². The molecular formula is C14H20N2O3. The van der Waals surface area contributed by atoms with E-state index in [0.29, 0.717) is 6.42 Å². The zero-order valence-electron chi connectivity index (χ0n) is 11.5. The van der Waals surface area contributed by atoms with Crippen LogP contribution in [0.3, 0.4) is 0 Å². The van der Waals surface area contributed by atoms with Gasteiger partial charge in [-0.1, -0.05) is 6.07 Å². The lowest BCUT2D eigenvalue weighted by Crippen LogP contribution is -2.45. The van der Waals surface area contributed by atoms with Crippen LogP contribution in [0.4, 0.5) is 0 Å². The molecule has 1 aromatic heterocycles. The van der Waals surface area contributed by atoms with Crippen LogP contribution in [0.25, 0.3) is 0 Å². The summed E-state index contributed by atoms with van der Waals surface area (Å²) in [5, 5.41) is 11.6. The Morgan fingerprint density at radius 1 is 1.47 bits per heavy atom. The fourth-order valence-corrected chi connectivity index (χ4v) is 1.71. The molecule has 0 fully saturated rings. The molecule has 1 rings (SSSR count). The maximum absolute atomic E-state index is 12.1. The smallest absolute Gasteiger partial charge is 0.303 e. The number of carboxylic acids is 1. The molecule has 0 aromatic carbocycles. The SMILES string of the molecule is CC(C(=O)NC(C)(C)CCC(=O)O)c1cccnc1. The van der Waals surface area contributed by atoms with Crippen LogP contribution in [0.15, 0.2) is 24.5 Å². The van der Waals surface area contributed by atoms with Gasteiger partial charge in [0.25, 0.3) is 0 Å². The van der Waals surface area contributed by atoms with Crippen molar-refractivity contribution >= 4 is 11.9 Å². The highest BCUT2D eigenvalue weighted by Crippen LogP contribution is 2.17. The summed E-state index contributed by atoms with van der Waals surface area (Å²) in [6, 6.07) is 3.64. The van der Waals surface area contributed by atoms with Crippen molar-refractivity contribution in [2.24, 2.45) is 0 Å². The van der Waals surface area contributed by atoms with Crippen LogP contribution in [0.2, 0.25) is 0 Å². The highest BCUT2D eigenvalue weighted by Gasteiger charge is 2.25. The van der Waals surface area contributed by atoms with Gasteiger partial charge in [0.2, 0.25) is 5.91 Å². The van der Waals surface area contributed by atoms with Gasteiger partial charge in [-0.2, -0.15) is 0 Å². The maximum Gasteiger partial charge on any atom is 0.303 e. The van der Waals surface area contributed by atoms with E-state index in [4.69, 9.17) is 5.11 Å². The molecule has 1 unspecified atom stereocenters. The Hall–Kier alpha value is -1.91. The van der Waals surface area contributed by atoms with Crippen molar-refractivity contribution in [2.75, 3.05) is 0 Å². The standard InChI is InChI=1S/C14H20N2O3/c1-10(11-5-4-8-15-9-11)13(19)16-14(2,3)7-6-12(17)18/h4-5,8-10H,6-7H2,1-3H3,(H,16,19)(H,17,18). The Morgan fingerprint density at radius 2 is 2.16 bits per heavy atom. The number of hydrogen-bond donors (Lipinski definition) is 2. The quantitative estimate of drug-likeness (QED) is 0.823. The molecule has 5 nitrogen and oxygen atoms in total. The lowest BCUT2D eigenvalue weighted by atomic mass is 9.95. The molecule has 5 heteroatoms. The van der Waals surface area contributed by atoms with Crippen molar-refractivity contribution in [3.63, 3.8) is 0 Å². The van der Waals surface area contributed by atoms with E-state index in [1.807, 2.05) is 19.9 Å². The topological polar surface area (TPSA) is 79.3 Å². The number of rotatable bonds is 6. The minimum Gasteiger partial charge on any atom is -0.481 e. The third-order valence-corrected chi connectivity index (χ3v) is 3.00. The van der Waals surface area contributed by atoms with Crippen molar-refractivity contribution in [2.45, 2.75) is 45.1 Å². The Kier molecular flexibility index (Phi) is 5.03. The Morgan fingerprint density at radius 3 is 2.68 bits per heavy atom. The second-order valence-electron chi connectivity index (χ2n) is 5.27. The molecule has 2 N–H and O–H groups in total. The first-order valence-corrected chi connectivity index (χ1v) is 6.25. The van der Waals surface area contributed by atoms with E-state index in [9.17, 15) is 9.59 Å². The highest BCUT2D eigenvalue weighted by atomic mass is 16.4. The van der Waals surface area contributed by atoms with Crippen molar-refractivity contribution in [3.05, 3.63) is 30.1 Å². The third-order valence-electron chi connectivity index (χ3n) is 3.00. The average Bonchev–Trinajstić information content (AvgIpc) is 2.36. The van der Waals surface area contributed by atoms with Crippen LogP contribution in [-0.2, 0) is 9.59 Å². The van der Waals surface area contributed by atoms with Gasteiger partial charge in [-0.15, -0.1) is 0 Å². The number of pyridine rings is 1. The van der Waals surface area contributed by atoms with Crippen LogP contribution in [0.1, 0.15) is 45.1 Å². The van der Waals surface area contributed by atoms with Crippen LogP contribution in [0.5, 0.6) is 0 Å². The van der Waals surface area contributed by atoms with Crippen LogP contribution in [0, 0.1) is 0 Å². The van der Waals surface area contributed by atoms with E-state index in [0.717, 1.165) is 5.56 Å². The summed E-state index contributed by atoms with van der Waals surface area (Å²) in [7, 11) is 0. The number of carbonyl (C=O) groups excluding carboxylic acids is 1. The minimum absolute atomic E-state index is 0.0363. The molecule has 19 heavy (non-hydrogen) atoms. The summed E-state index contributed by atoms with van der Waals surface area (Å²) in [6.45, 7) is 5.45. The average molecular weight is 264 g/mol. The Bertz CT molecular complexity index is 443. The number of carbonyl (C=O) groups is 2. The first kappa shape index (κ1) is 15.1. The predicted octanol–water partition coefficient (Wildman–Crippen LogP) is 1.94. The van der Waals surface area contributed by atoms with Gasteiger partial charge >= 0.3 is 5.97 Å². The molecule has 1 amide bonds. The molecule has 0 bridgehead atoms. The molecule has 0 saturated heterocycles. The zero-order chi connectivity index (χ0) is 14.5. The first-order chi connectivity index (χ1) is 8.82. The van der Waals surface area contributed by atoms with E-state index in [1.165, 1.54) is 0 Å². The fraction of sp³-hybridized carbons (Fsp3) is 0.500. The van der Waals surface area contributed by atoms with Gasteiger partial charge in [-0.3, -0.25) is 14.6 Å². The monoisotopic (exact) mass is 264 g/mol. The molecule has 0 spiro atoms. The van der Waals surface area contributed by atoms with E-state index in [2.05, 4.69) is 10.3 Å². The second-order valence-corrected chi connectivity index (χ2v) is 5.27. The maximum atomic E-state index is 12.1. The van der Waals surface area contributed by atoms with Gasteiger partial charge < -0.3 is 10.4 Å². The van der Waals surface area contributed by atoms with E-state index in [-0.39, 0.29) is 18.2 Å². The number of aliphatic carboxylic acids is 1. The number of aromatic nitrogens is 1. The zero-order valence-corrected chi connectivity index (χ0v) is 11.5. The van der Waals surface area contributed by atoms with Crippen molar-refractivity contribution in [1.29, 1.82) is 0 Å². The summed E-state index contributed by atoms with van der Waals surface area (Å²) >= 11 is 0.